The molecule has 1 saturated carbocycles. The number of carbonyl (C=O) groups is 2. The maximum atomic E-state index is 13.7. The van der Waals surface area contributed by atoms with E-state index >= 15 is 0 Å². The molecule has 228 valence electrons. The number of anilines is 1. The van der Waals surface area contributed by atoms with Crippen LogP contribution in [-0.4, -0.2) is 81.2 Å². The largest absolute Gasteiger partial charge is 0.478 e. The first-order valence-corrected chi connectivity index (χ1v) is 15.4. The van der Waals surface area contributed by atoms with Crippen LogP contribution < -0.4 is 9.64 Å². The van der Waals surface area contributed by atoms with Gasteiger partial charge in [-0.15, -0.1) is 0 Å². The van der Waals surface area contributed by atoms with E-state index in [-0.39, 0.29) is 23.8 Å². The van der Waals surface area contributed by atoms with Gasteiger partial charge in [0.25, 0.3) is 5.91 Å². The molecule has 4 aliphatic rings. The number of piperidine rings is 2. The van der Waals surface area contributed by atoms with Crippen molar-refractivity contribution >= 4 is 17.6 Å². The molecule has 0 aromatic carbocycles. The summed E-state index contributed by atoms with van der Waals surface area (Å²) in [7, 11) is 0. The molecule has 1 aliphatic carbocycles. The SMILES string of the molecule is O=C(c1cc2n(n1)CCCO2)N1CCC(N2CCC(N(C(=O)C3CCCCC3)c3ccc(C(F)(F)F)cn3)CC2)CC1. The molecule has 3 aliphatic heterocycles. The van der Waals surface area contributed by atoms with Gasteiger partial charge in [0.2, 0.25) is 11.8 Å². The van der Waals surface area contributed by atoms with Gasteiger partial charge >= 0.3 is 6.18 Å². The average Bonchev–Trinajstić information content (AvgIpc) is 3.46. The molecule has 0 radical (unpaired) electrons. The topological polar surface area (TPSA) is 83.8 Å². The second-order valence-electron chi connectivity index (χ2n) is 12.0. The number of hydrogen-bond donors (Lipinski definition) is 0. The van der Waals surface area contributed by atoms with E-state index in [1.807, 2.05) is 4.90 Å². The molecule has 2 aromatic rings. The van der Waals surface area contributed by atoms with Crippen molar-refractivity contribution in [1.29, 1.82) is 0 Å². The molecule has 12 heteroatoms. The normalized spacial score (nSPS) is 21.5. The fourth-order valence-electron chi connectivity index (χ4n) is 7.00. The first-order chi connectivity index (χ1) is 20.3. The molecule has 2 saturated heterocycles. The van der Waals surface area contributed by atoms with Crippen LogP contribution in [0.3, 0.4) is 0 Å². The van der Waals surface area contributed by atoms with E-state index in [1.54, 1.807) is 15.6 Å². The zero-order valence-electron chi connectivity index (χ0n) is 23.9. The van der Waals surface area contributed by atoms with Gasteiger partial charge in [-0.25, -0.2) is 9.67 Å². The third-order valence-electron chi connectivity index (χ3n) is 9.37. The van der Waals surface area contributed by atoms with Gasteiger partial charge in [0.05, 0.1) is 12.2 Å². The number of pyridine rings is 1. The van der Waals surface area contributed by atoms with Crippen LogP contribution in [-0.2, 0) is 17.5 Å². The van der Waals surface area contributed by atoms with Crippen molar-refractivity contribution in [2.75, 3.05) is 37.7 Å². The zero-order valence-corrected chi connectivity index (χ0v) is 23.9. The molecule has 0 bridgehead atoms. The van der Waals surface area contributed by atoms with Gasteiger partial charge in [-0.05, 0) is 50.7 Å². The van der Waals surface area contributed by atoms with E-state index in [2.05, 4.69) is 15.0 Å². The number of hydrogen-bond acceptors (Lipinski definition) is 6. The second-order valence-corrected chi connectivity index (χ2v) is 12.0. The molecule has 0 atom stereocenters. The molecule has 6 rings (SSSR count). The van der Waals surface area contributed by atoms with E-state index < -0.39 is 11.7 Å². The number of carbonyl (C=O) groups excluding carboxylic acids is 2. The highest BCUT2D eigenvalue weighted by Crippen LogP contribution is 2.34. The van der Waals surface area contributed by atoms with Crippen molar-refractivity contribution in [3.8, 4) is 5.88 Å². The highest BCUT2D eigenvalue weighted by molar-refractivity contribution is 5.95. The molecule has 2 amide bonds. The number of amides is 2. The van der Waals surface area contributed by atoms with Crippen LogP contribution in [0.25, 0.3) is 0 Å². The Morgan fingerprint density at radius 3 is 2.29 bits per heavy atom. The van der Waals surface area contributed by atoms with E-state index in [9.17, 15) is 22.8 Å². The predicted octanol–water partition coefficient (Wildman–Crippen LogP) is 4.76. The van der Waals surface area contributed by atoms with Gasteiger partial charge < -0.3 is 14.5 Å². The molecule has 0 unspecified atom stereocenters. The molecular formula is C30H39F3N6O3. The minimum Gasteiger partial charge on any atom is -0.478 e. The number of likely N-dealkylation sites (tertiary alicyclic amines) is 2. The Kier molecular flexibility index (Phi) is 8.42. The van der Waals surface area contributed by atoms with Gasteiger partial charge in [-0.1, -0.05) is 19.3 Å². The monoisotopic (exact) mass is 588 g/mol. The average molecular weight is 589 g/mol. The number of alkyl halides is 3. The molecule has 9 nitrogen and oxygen atoms in total. The van der Waals surface area contributed by atoms with Gasteiger partial charge in [0.15, 0.2) is 5.69 Å². The Hall–Kier alpha value is -3.15. The smallest absolute Gasteiger partial charge is 0.417 e. The van der Waals surface area contributed by atoms with Crippen molar-refractivity contribution in [3.63, 3.8) is 0 Å². The third kappa shape index (κ3) is 6.14. The van der Waals surface area contributed by atoms with Crippen molar-refractivity contribution in [2.24, 2.45) is 5.92 Å². The van der Waals surface area contributed by atoms with Gasteiger partial charge in [0.1, 0.15) is 5.82 Å². The van der Waals surface area contributed by atoms with E-state index in [4.69, 9.17) is 4.74 Å². The lowest BCUT2D eigenvalue weighted by Gasteiger charge is -2.44. The van der Waals surface area contributed by atoms with Crippen molar-refractivity contribution < 1.29 is 27.5 Å². The molecule has 2 aromatic heterocycles. The summed E-state index contributed by atoms with van der Waals surface area (Å²) in [4.78, 5) is 37.0. The lowest BCUT2D eigenvalue weighted by Crippen LogP contribution is -2.53. The number of fused-ring (bicyclic) bond motifs is 1. The summed E-state index contributed by atoms with van der Waals surface area (Å²) >= 11 is 0. The summed E-state index contributed by atoms with van der Waals surface area (Å²) in [5.41, 5.74) is -0.373. The summed E-state index contributed by atoms with van der Waals surface area (Å²) in [6.45, 7) is 4.32. The first-order valence-electron chi connectivity index (χ1n) is 15.4. The van der Waals surface area contributed by atoms with Crippen LogP contribution in [0.5, 0.6) is 5.88 Å². The highest BCUT2D eigenvalue weighted by atomic mass is 19.4. The molecule has 0 spiro atoms. The van der Waals surface area contributed by atoms with Crippen molar-refractivity contribution in [1.82, 2.24) is 24.6 Å². The second kappa shape index (κ2) is 12.2. The summed E-state index contributed by atoms with van der Waals surface area (Å²) < 4.78 is 46.9. The fraction of sp³-hybridized carbons (Fsp3) is 0.667. The molecule has 42 heavy (non-hydrogen) atoms. The first kappa shape index (κ1) is 28.9. The Bertz CT molecular complexity index is 1220. The van der Waals surface area contributed by atoms with Crippen molar-refractivity contribution in [2.45, 2.75) is 89.0 Å². The maximum Gasteiger partial charge on any atom is 0.417 e. The van der Waals surface area contributed by atoms with Crippen molar-refractivity contribution in [3.05, 3.63) is 35.7 Å². The Morgan fingerprint density at radius 1 is 0.905 bits per heavy atom. The zero-order chi connectivity index (χ0) is 29.3. The van der Waals surface area contributed by atoms with Gasteiger partial charge in [-0.3, -0.25) is 14.5 Å². The Morgan fingerprint density at radius 2 is 1.64 bits per heavy atom. The number of halogens is 3. The maximum absolute atomic E-state index is 13.7. The summed E-state index contributed by atoms with van der Waals surface area (Å²) in [6.07, 6.45) is 5.22. The Labute approximate surface area is 244 Å². The highest BCUT2D eigenvalue weighted by Gasteiger charge is 2.38. The number of nitrogens with zero attached hydrogens (tertiary/aromatic N) is 6. The van der Waals surface area contributed by atoms with Crippen LogP contribution >= 0.6 is 0 Å². The van der Waals surface area contributed by atoms with E-state index in [1.165, 1.54) is 6.07 Å². The fourth-order valence-corrected chi connectivity index (χ4v) is 7.00. The lowest BCUT2D eigenvalue weighted by molar-refractivity contribution is -0.137. The third-order valence-corrected chi connectivity index (χ3v) is 9.37. The minimum atomic E-state index is -4.47. The molecule has 3 fully saturated rings. The summed E-state index contributed by atoms with van der Waals surface area (Å²) in [5.74, 6) is 0.812. The quantitative estimate of drug-likeness (QED) is 0.501. The lowest BCUT2D eigenvalue weighted by atomic mass is 9.87. The molecule has 0 N–H and O–H groups in total. The molecular weight excluding hydrogens is 549 g/mol. The van der Waals surface area contributed by atoms with E-state index in [0.717, 1.165) is 96.1 Å². The van der Waals surface area contributed by atoms with Gasteiger partial charge in [0, 0.05) is 69.4 Å². The van der Waals surface area contributed by atoms with Gasteiger partial charge in [-0.2, -0.15) is 18.3 Å². The summed E-state index contributed by atoms with van der Waals surface area (Å²) in [6, 6.07) is 4.37. The van der Waals surface area contributed by atoms with E-state index in [0.29, 0.717) is 43.1 Å². The van der Waals surface area contributed by atoms with Crippen LogP contribution in [0.15, 0.2) is 24.4 Å². The van der Waals surface area contributed by atoms with Crippen LogP contribution in [0.2, 0.25) is 0 Å². The van der Waals surface area contributed by atoms with Crippen LogP contribution in [0.4, 0.5) is 19.0 Å². The Balaban J connectivity index is 1.07. The van der Waals surface area contributed by atoms with Crippen LogP contribution in [0, 0.1) is 5.92 Å². The minimum absolute atomic E-state index is 0.00130. The molecule has 5 heterocycles. The summed E-state index contributed by atoms with van der Waals surface area (Å²) in [5, 5.41) is 4.45. The number of aryl methyl sites for hydroxylation is 1. The number of ether oxygens (including phenoxy) is 1. The van der Waals surface area contributed by atoms with Crippen LogP contribution in [0.1, 0.15) is 80.3 Å². The number of rotatable bonds is 5. The predicted molar refractivity (Wildman–Crippen MR) is 149 cm³/mol. The standard InChI is InChI=1S/C30H39F3N6O3/c31-30(32,33)22-7-8-26(34-20-22)39(28(40)21-5-2-1-3-6-21)24-11-14-36(15-12-24)23-9-16-37(17-10-23)29(41)25-19-27-38(35-25)13-4-18-42-27/h7-8,19-21,23-24H,1-6,9-18H2. The number of aromatic nitrogens is 3.